The van der Waals surface area contributed by atoms with E-state index in [0.717, 1.165) is 0 Å². The second kappa shape index (κ2) is 13.6. The van der Waals surface area contributed by atoms with Gasteiger partial charge < -0.3 is 9.80 Å². The van der Waals surface area contributed by atoms with Crippen LogP contribution >= 0.6 is 11.3 Å². The highest BCUT2D eigenvalue weighted by Gasteiger charge is 2.46. The minimum Gasteiger partial charge on any atom is -0.311 e. The molecule has 0 spiro atoms. The second-order valence-corrected chi connectivity index (χ2v) is 21.2. The van der Waals surface area contributed by atoms with Gasteiger partial charge in [0.05, 0.1) is 5.00 Å². The third-order valence-corrected chi connectivity index (χ3v) is 15.3. The smallest absolute Gasteiger partial charge is 0.254 e. The van der Waals surface area contributed by atoms with Crippen LogP contribution in [0.3, 0.4) is 0 Å². The van der Waals surface area contributed by atoms with Crippen molar-refractivity contribution < 1.29 is 0 Å². The lowest BCUT2D eigenvalue weighted by molar-refractivity contribution is 0.332. The number of hydrogen-bond donors (Lipinski definition) is 0. The summed E-state index contributed by atoms with van der Waals surface area (Å²) in [5, 5.41) is 2.74. The van der Waals surface area contributed by atoms with Gasteiger partial charge in [0, 0.05) is 33.1 Å². The average Bonchev–Trinajstić information content (AvgIpc) is 3.63. The van der Waals surface area contributed by atoms with E-state index < -0.39 is 0 Å². The van der Waals surface area contributed by atoms with Crippen molar-refractivity contribution in [2.45, 2.75) is 84.5 Å². The van der Waals surface area contributed by atoms with Crippen molar-refractivity contribution in [3.63, 3.8) is 0 Å². The summed E-state index contributed by atoms with van der Waals surface area (Å²) in [4.78, 5) is 5.17. The lowest BCUT2D eigenvalue weighted by Crippen LogP contribution is -2.61. The Labute approximate surface area is 366 Å². The number of benzene rings is 7. The zero-order valence-corrected chi connectivity index (χ0v) is 37.5. The molecule has 300 valence electrons. The molecule has 61 heavy (non-hydrogen) atoms. The Balaban J connectivity index is 1.22. The van der Waals surface area contributed by atoms with E-state index in [-0.39, 0.29) is 23.0 Å². The van der Waals surface area contributed by atoms with Crippen LogP contribution < -0.4 is 26.2 Å². The third kappa shape index (κ3) is 6.04. The molecule has 3 aliphatic rings. The second-order valence-electron chi connectivity index (χ2n) is 20.2. The van der Waals surface area contributed by atoms with Gasteiger partial charge in [-0.15, -0.1) is 11.3 Å². The van der Waals surface area contributed by atoms with Crippen molar-refractivity contribution in [2.75, 3.05) is 9.80 Å². The fourth-order valence-electron chi connectivity index (χ4n) is 10.6. The molecule has 0 N–H and O–H groups in total. The summed E-state index contributed by atoms with van der Waals surface area (Å²) in [7, 11) is 0. The first-order valence-corrected chi connectivity index (χ1v) is 22.9. The predicted molar refractivity (Wildman–Crippen MR) is 265 cm³/mol. The number of anilines is 6. The number of rotatable bonds is 4. The van der Waals surface area contributed by atoms with Gasteiger partial charge in [-0.2, -0.15) is 0 Å². The number of thiophene rings is 1. The number of hydrogen-bond acceptors (Lipinski definition) is 3. The average molecular weight is 809 g/mol. The molecule has 0 saturated carbocycles. The van der Waals surface area contributed by atoms with Gasteiger partial charge in [-0.05, 0) is 157 Å². The van der Waals surface area contributed by atoms with Gasteiger partial charge in [-0.3, -0.25) is 0 Å². The molecule has 0 amide bonds. The van der Waals surface area contributed by atoms with Crippen LogP contribution in [-0.4, -0.2) is 6.71 Å². The van der Waals surface area contributed by atoms with Gasteiger partial charge in [-0.1, -0.05) is 146 Å². The molecule has 0 bridgehead atoms. The van der Waals surface area contributed by atoms with Gasteiger partial charge >= 0.3 is 0 Å². The molecule has 1 aliphatic carbocycles. The van der Waals surface area contributed by atoms with E-state index >= 15 is 0 Å². The van der Waals surface area contributed by atoms with Gasteiger partial charge in [0.2, 0.25) is 0 Å². The monoisotopic (exact) mass is 808 g/mol. The Morgan fingerprint density at radius 3 is 1.67 bits per heavy atom. The zero-order valence-electron chi connectivity index (χ0n) is 36.7. The fraction of sp³-hybridized carbons (Fsp3) is 0.228. The first-order chi connectivity index (χ1) is 29.3. The minimum atomic E-state index is 0.0377. The summed E-state index contributed by atoms with van der Waals surface area (Å²) in [6.45, 7) is 19.1. The highest BCUT2D eigenvalue weighted by molar-refractivity contribution is 7.26. The fourth-order valence-corrected chi connectivity index (χ4v) is 11.9. The molecular formula is C57H53BN2S. The molecule has 4 heteroatoms. The van der Waals surface area contributed by atoms with Crippen molar-refractivity contribution in [3.05, 3.63) is 174 Å². The summed E-state index contributed by atoms with van der Waals surface area (Å²) in [5.74, 6) is 0. The Bertz CT molecular complexity index is 3010. The molecule has 2 nitrogen and oxygen atoms in total. The summed E-state index contributed by atoms with van der Waals surface area (Å²) < 4.78 is 1.39. The number of nitrogens with zero attached hydrogens (tertiary/aromatic N) is 2. The van der Waals surface area contributed by atoms with Crippen LogP contribution in [0, 0.1) is 6.92 Å². The molecule has 2 aliphatic heterocycles. The summed E-state index contributed by atoms with van der Waals surface area (Å²) in [6, 6.07) is 57.7. The van der Waals surface area contributed by atoms with Crippen LogP contribution in [0.4, 0.5) is 33.4 Å². The maximum absolute atomic E-state index is 2.63. The maximum Gasteiger partial charge on any atom is 0.254 e. The first-order valence-electron chi connectivity index (χ1n) is 22.1. The normalized spacial score (nSPS) is 15.9. The van der Waals surface area contributed by atoms with E-state index in [9.17, 15) is 0 Å². The molecule has 8 aromatic rings. The molecule has 3 heterocycles. The standard InChI is InChI=1S/C57H53BN2S/c1-36-31-49-53-50(32-36)60(43-26-22-41(23-27-43)55(2,3)4)54-52(44-34-45-46(35-51(44)61-54)57(7,8)30-29-56(45,5)6)58(53)47-33-40(38-17-13-10-14-18-38)21-28-48(47)59(49)42-24-19-39(20-25-42)37-15-11-9-12-16-37/h9-28,31-35H,29-30H2,1-8H3. The van der Waals surface area contributed by atoms with Crippen LogP contribution in [-0.2, 0) is 16.2 Å². The SMILES string of the molecule is Cc1cc2c3c(c1)N(c1ccc(C(C)(C)C)cc1)c1sc4cc5c(cc4c1B3c1cc(-c3ccccc3)ccc1N2c1ccc(-c2ccccc2)cc1)C(C)(C)CCC5(C)C. The van der Waals surface area contributed by atoms with Crippen molar-refractivity contribution in [1.82, 2.24) is 0 Å². The van der Waals surface area contributed by atoms with Crippen molar-refractivity contribution >= 4 is 78.0 Å². The summed E-state index contributed by atoms with van der Waals surface area (Å²) in [5.41, 5.74) is 21.2. The zero-order chi connectivity index (χ0) is 42.0. The van der Waals surface area contributed by atoms with Crippen LogP contribution in [0.25, 0.3) is 32.3 Å². The molecule has 7 aromatic carbocycles. The van der Waals surface area contributed by atoms with Crippen LogP contribution in [0.5, 0.6) is 0 Å². The quantitative estimate of drug-likeness (QED) is 0.163. The third-order valence-electron chi connectivity index (χ3n) is 14.1. The van der Waals surface area contributed by atoms with E-state index in [2.05, 4.69) is 217 Å². The van der Waals surface area contributed by atoms with E-state index in [1.165, 1.54) is 117 Å². The number of aryl methyl sites for hydroxylation is 1. The van der Waals surface area contributed by atoms with Crippen LogP contribution in [0.2, 0.25) is 0 Å². The first kappa shape index (κ1) is 38.1. The molecule has 0 atom stereocenters. The molecule has 0 unspecified atom stereocenters. The number of fused-ring (bicyclic) bond motifs is 7. The molecular weight excluding hydrogens is 756 g/mol. The summed E-state index contributed by atoms with van der Waals surface area (Å²) >= 11 is 1.99. The van der Waals surface area contributed by atoms with Gasteiger partial charge in [0.1, 0.15) is 0 Å². The topological polar surface area (TPSA) is 6.48 Å². The molecule has 11 rings (SSSR count). The Hall–Kier alpha value is -5.84. The summed E-state index contributed by atoms with van der Waals surface area (Å²) in [6.07, 6.45) is 2.39. The van der Waals surface area contributed by atoms with Crippen LogP contribution in [0.1, 0.15) is 83.6 Å². The Morgan fingerprint density at radius 2 is 1.05 bits per heavy atom. The van der Waals surface area contributed by atoms with E-state index in [1.54, 1.807) is 0 Å². The van der Waals surface area contributed by atoms with Gasteiger partial charge in [-0.25, -0.2) is 0 Å². The van der Waals surface area contributed by atoms with Crippen LogP contribution in [0.15, 0.2) is 152 Å². The largest absolute Gasteiger partial charge is 0.311 e. The predicted octanol–water partition coefficient (Wildman–Crippen LogP) is 14.3. The molecule has 1 aromatic heterocycles. The van der Waals surface area contributed by atoms with E-state index in [0.29, 0.717) is 0 Å². The molecule has 0 saturated heterocycles. The van der Waals surface area contributed by atoms with E-state index in [4.69, 9.17) is 0 Å². The van der Waals surface area contributed by atoms with Crippen molar-refractivity contribution in [1.29, 1.82) is 0 Å². The lowest BCUT2D eigenvalue weighted by Gasteiger charge is -2.44. The Morgan fingerprint density at radius 1 is 0.525 bits per heavy atom. The molecule has 0 fully saturated rings. The minimum absolute atomic E-state index is 0.0377. The molecule has 0 radical (unpaired) electrons. The maximum atomic E-state index is 2.63. The van der Waals surface area contributed by atoms with Crippen molar-refractivity contribution in [3.8, 4) is 22.3 Å². The highest BCUT2D eigenvalue weighted by Crippen LogP contribution is 2.52. The van der Waals surface area contributed by atoms with Gasteiger partial charge in [0.25, 0.3) is 6.71 Å². The van der Waals surface area contributed by atoms with Crippen molar-refractivity contribution in [2.24, 2.45) is 0 Å². The highest BCUT2D eigenvalue weighted by atomic mass is 32.1. The Kier molecular flexibility index (Phi) is 8.49. The van der Waals surface area contributed by atoms with Gasteiger partial charge in [0.15, 0.2) is 0 Å². The van der Waals surface area contributed by atoms with E-state index in [1.807, 2.05) is 11.3 Å². The lowest BCUT2D eigenvalue weighted by atomic mass is 9.33.